The number of carbonyl (C=O) groups excluding carboxylic acids is 1. The molecule has 142 valence electrons. The molecule has 3 aromatic rings. The van der Waals surface area contributed by atoms with Crippen LogP contribution in [0, 0.1) is 5.82 Å². The first kappa shape index (κ1) is 18.1. The third-order valence-corrected chi connectivity index (χ3v) is 4.34. The number of aromatic nitrogens is 1. The van der Waals surface area contributed by atoms with Crippen LogP contribution in [0.2, 0.25) is 5.02 Å². The molecule has 0 fully saturated rings. The van der Waals surface area contributed by atoms with Crippen LogP contribution in [0.4, 0.5) is 21.6 Å². The van der Waals surface area contributed by atoms with Gasteiger partial charge in [0.2, 0.25) is 0 Å². The molecule has 2 aromatic carbocycles. The van der Waals surface area contributed by atoms with Crippen molar-refractivity contribution < 1.29 is 18.7 Å². The molecular formula is C20H15ClFN3O3. The number of anilines is 3. The van der Waals surface area contributed by atoms with Crippen molar-refractivity contribution in [2.45, 2.75) is 0 Å². The van der Waals surface area contributed by atoms with Crippen molar-refractivity contribution in [3.8, 4) is 11.5 Å². The summed E-state index contributed by atoms with van der Waals surface area (Å²) < 4.78 is 24.9. The van der Waals surface area contributed by atoms with Crippen LogP contribution in [-0.2, 0) is 0 Å². The number of hydrogen-bond donors (Lipinski definition) is 2. The minimum Gasteiger partial charge on any atom is -0.486 e. The molecule has 2 N–H and O–H groups in total. The molecule has 1 aromatic heterocycles. The summed E-state index contributed by atoms with van der Waals surface area (Å²) in [5.74, 6) is 0.303. The normalized spacial score (nSPS) is 12.4. The minimum absolute atomic E-state index is 0.0365. The van der Waals surface area contributed by atoms with E-state index in [2.05, 4.69) is 15.6 Å². The molecule has 4 rings (SSSR count). The number of rotatable bonds is 4. The average Bonchev–Trinajstić information content (AvgIpc) is 2.69. The van der Waals surface area contributed by atoms with Gasteiger partial charge >= 0.3 is 0 Å². The van der Waals surface area contributed by atoms with Gasteiger partial charge in [0.05, 0.1) is 22.5 Å². The zero-order valence-electron chi connectivity index (χ0n) is 14.5. The van der Waals surface area contributed by atoms with Crippen LogP contribution in [0.25, 0.3) is 0 Å². The Kier molecular flexibility index (Phi) is 4.99. The Hall–Kier alpha value is -3.32. The minimum atomic E-state index is -0.693. The van der Waals surface area contributed by atoms with Crippen molar-refractivity contribution in [2.75, 3.05) is 23.8 Å². The molecule has 1 aliphatic heterocycles. The van der Waals surface area contributed by atoms with Gasteiger partial charge in [-0.1, -0.05) is 17.7 Å². The summed E-state index contributed by atoms with van der Waals surface area (Å²) in [4.78, 5) is 16.4. The quantitative estimate of drug-likeness (QED) is 0.668. The molecule has 8 heteroatoms. The highest BCUT2D eigenvalue weighted by atomic mass is 35.5. The van der Waals surface area contributed by atoms with Crippen LogP contribution < -0.4 is 20.1 Å². The lowest BCUT2D eigenvalue weighted by molar-refractivity contribution is 0.102. The zero-order chi connectivity index (χ0) is 19.5. The Morgan fingerprint density at radius 2 is 1.82 bits per heavy atom. The van der Waals surface area contributed by atoms with Crippen LogP contribution in [0.1, 0.15) is 10.4 Å². The van der Waals surface area contributed by atoms with E-state index in [1.807, 2.05) is 18.2 Å². The second-order valence-electron chi connectivity index (χ2n) is 5.97. The topological polar surface area (TPSA) is 72.5 Å². The van der Waals surface area contributed by atoms with Crippen LogP contribution in [0.15, 0.2) is 54.7 Å². The summed E-state index contributed by atoms with van der Waals surface area (Å²) in [6.07, 6.45) is 1.55. The molecule has 0 radical (unpaired) electrons. The van der Waals surface area contributed by atoms with Crippen molar-refractivity contribution in [1.82, 2.24) is 4.98 Å². The van der Waals surface area contributed by atoms with Crippen LogP contribution in [-0.4, -0.2) is 24.1 Å². The number of hydrogen-bond acceptors (Lipinski definition) is 5. The number of ether oxygens (including phenoxy) is 2. The Bertz CT molecular complexity index is 1010. The monoisotopic (exact) mass is 399 g/mol. The third-order valence-electron chi connectivity index (χ3n) is 4.03. The number of fused-ring (bicyclic) bond motifs is 1. The van der Waals surface area contributed by atoms with E-state index in [-0.39, 0.29) is 16.4 Å². The lowest BCUT2D eigenvalue weighted by Crippen LogP contribution is -2.15. The summed E-state index contributed by atoms with van der Waals surface area (Å²) >= 11 is 5.91. The van der Waals surface area contributed by atoms with Gasteiger partial charge in [0.15, 0.2) is 11.5 Å². The third kappa shape index (κ3) is 3.84. The van der Waals surface area contributed by atoms with Gasteiger partial charge in [0.1, 0.15) is 24.8 Å². The Labute approximate surface area is 165 Å². The van der Waals surface area contributed by atoms with E-state index in [0.29, 0.717) is 30.4 Å². The Balaban J connectivity index is 1.45. The predicted molar refractivity (Wildman–Crippen MR) is 104 cm³/mol. The average molecular weight is 400 g/mol. The smallest absolute Gasteiger partial charge is 0.261 e. The SMILES string of the molecule is O=C(Nc1ccc(Nc2ccc3c(c2)OCCO3)cn1)c1c(F)cccc1Cl. The van der Waals surface area contributed by atoms with Crippen LogP contribution >= 0.6 is 11.6 Å². The van der Waals surface area contributed by atoms with Gasteiger partial charge in [-0.15, -0.1) is 0 Å². The maximum Gasteiger partial charge on any atom is 0.261 e. The van der Waals surface area contributed by atoms with E-state index in [4.69, 9.17) is 21.1 Å². The first-order chi connectivity index (χ1) is 13.6. The first-order valence-electron chi connectivity index (χ1n) is 8.48. The van der Waals surface area contributed by atoms with Crippen molar-refractivity contribution in [2.24, 2.45) is 0 Å². The number of amides is 1. The molecular weight excluding hydrogens is 385 g/mol. The molecule has 28 heavy (non-hydrogen) atoms. The summed E-state index contributed by atoms with van der Waals surface area (Å²) in [7, 11) is 0. The fourth-order valence-electron chi connectivity index (χ4n) is 2.72. The van der Waals surface area contributed by atoms with Crippen molar-refractivity contribution in [3.63, 3.8) is 0 Å². The molecule has 0 saturated carbocycles. The number of nitrogens with one attached hydrogen (secondary N) is 2. The molecule has 0 saturated heterocycles. The molecule has 0 aliphatic carbocycles. The molecule has 1 aliphatic rings. The molecule has 2 heterocycles. The molecule has 0 atom stereocenters. The highest BCUT2D eigenvalue weighted by molar-refractivity contribution is 6.34. The summed E-state index contributed by atoms with van der Waals surface area (Å²) in [5.41, 5.74) is 1.30. The van der Waals surface area contributed by atoms with Crippen LogP contribution in [0.3, 0.4) is 0 Å². The number of carbonyl (C=O) groups is 1. The van der Waals surface area contributed by atoms with E-state index in [0.717, 1.165) is 5.69 Å². The molecule has 0 spiro atoms. The number of nitrogens with zero attached hydrogens (tertiary/aromatic N) is 1. The summed E-state index contributed by atoms with van der Waals surface area (Å²) in [6, 6.07) is 12.9. The van der Waals surface area contributed by atoms with Gasteiger partial charge in [-0.2, -0.15) is 0 Å². The lowest BCUT2D eigenvalue weighted by Gasteiger charge is -2.19. The van der Waals surface area contributed by atoms with E-state index in [1.54, 1.807) is 18.3 Å². The predicted octanol–water partition coefficient (Wildman–Crippen LogP) is 4.64. The van der Waals surface area contributed by atoms with E-state index in [9.17, 15) is 9.18 Å². The van der Waals surface area contributed by atoms with E-state index < -0.39 is 11.7 Å². The largest absolute Gasteiger partial charge is 0.486 e. The highest BCUT2D eigenvalue weighted by Crippen LogP contribution is 2.33. The van der Waals surface area contributed by atoms with Gasteiger partial charge in [-0.05, 0) is 36.4 Å². The molecule has 6 nitrogen and oxygen atoms in total. The van der Waals surface area contributed by atoms with Crippen LogP contribution in [0.5, 0.6) is 11.5 Å². The van der Waals surface area contributed by atoms with Gasteiger partial charge < -0.3 is 20.1 Å². The Morgan fingerprint density at radius 3 is 2.57 bits per heavy atom. The second-order valence-corrected chi connectivity index (χ2v) is 6.37. The molecule has 1 amide bonds. The fourth-order valence-corrected chi connectivity index (χ4v) is 2.97. The lowest BCUT2D eigenvalue weighted by atomic mass is 10.2. The number of pyridine rings is 1. The first-order valence-corrected chi connectivity index (χ1v) is 8.86. The Morgan fingerprint density at radius 1 is 1.04 bits per heavy atom. The van der Waals surface area contributed by atoms with Gasteiger partial charge in [-0.3, -0.25) is 4.79 Å². The number of halogens is 2. The standard InChI is InChI=1S/C20H15ClFN3O3/c21-14-2-1-3-15(22)19(14)20(26)25-18-7-5-13(11-23-18)24-12-4-6-16-17(10-12)28-9-8-27-16/h1-7,10-11,24H,8-9H2,(H,23,25,26). The summed E-state index contributed by atoms with van der Waals surface area (Å²) in [6.45, 7) is 1.05. The van der Waals surface area contributed by atoms with Crippen molar-refractivity contribution in [1.29, 1.82) is 0 Å². The van der Waals surface area contributed by atoms with Crippen molar-refractivity contribution in [3.05, 3.63) is 71.1 Å². The molecule has 0 unspecified atom stereocenters. The number of benzene rings is 2. The highest BCUT2D eigenvalue weighted by Gasteiger charge is 2.16. The maximum absolute atomic E-state index is 13.8. The fraction of sp³-hybridized carbons (Fsp3) is 0.100. The van der Waals surface area contributed by atoms with E-state index >= 15 is 0 Å². The molecule has 0 bridgehead atoms. The van der Waals surface area contributed by atoms with Crippen molar-refractivity contribution >= 4 is 34.7 Å². The summed E-state index contributed by atoms with van der Waals surface area (Å²) in [5, 5.41) is 5.76. The van der Waals surface area contributed by atoms with Gasteiger partial charge in [-0.25, -0.2) is 9.37 Å². The zero-order valence-corrected chi connectivity index (χ0v) is 15.3. The maximum atomic E-state index is 13.8. The van der Waals surface area contributed by atoms with Gasteiger partial charge in [0.25, 0.3) is 5.91 Å². The van der Waals surface area contributed by atoms with E-state index in [1.165, 1.54) is 18.2 Å². The van der Waals surface area contributed by atoms with Gasteiger partial charge in [0, 0.05) is 11.8 Å². The second kappa shape index (κ2) is 7.74.